The third-order valence-electron chi connectivity index (χ3n) is 2.85. The van der Waals surface area contributed by atoms with Crippen LogP contribution in [0.2, 0.25) is 0 Å². The van der Waals surface area contributed by atoms with Crippen LogP contribution >= 0.6 is 0 Å². The van der Waals surface area contributed by atoms with Gasteiger partial charge in [0.15, 0.2) is 0 Å². The molecule has 1 N–H and O–H groups in total. The number of nitrogens with one attached hydrogen (secondary N) is 1. The lowest BCUT2D eigenvalue weighted by Gasteiger charge is -2.40. The Morgan fingerprint density at radius 1 is 1.50 bits per heavy atom. The average Bonchev–Trinajstić information content (AvgIpc) is 2.76. The summed E-state index contributed by atoms with van der Waals surface area (Å²) >= 11 is 0. The maximum absolute atomic E-state index is 12.1. The second kappa shape index (κ2) is 4.21. The minimum absolute atomic E-state index is 0.0516. The molecule has 0 spiro atoms. The first-order valence-corrected chi connectivity index (χ1v) is 5.38. The summed E-state index contributed by atoms with van der Waals surface area (Å²) in [5.41, 5.74) is -1.05. The van der Waals surface area contributed by atoms with Crippen molar-refractivity contribution in [2.24, 2.45) is 0 Å². The fraction of sp³-hybridized carbons (Fsp3) is 0.500. The summed E-state index contributed by atoms with van der Waals surface area (Å²) in [7, 11) is 0. The molecule has 0 aliphatic carbocycles. The maximum atomic E-state index is 12.1. The van der Waals surface area contributed by atoms with E-state index in [0.29, 0.717) is 0 Å². The lowest BCUT2D eigenvalue weighted by molar-refractivity contribution is -0.156. The Balaban J connectivity index is 2.17. The highest BCUT2D eigenvalue weighted by Gasteiger charge is 2.43. The number of amides is 3. The van der Waals surface area contributed by atoms with Gasteiger partial charge >= 0.3 is 0 Å². The Kier molecular flexibility index (Phi) is 2.85. The summed E-state index contributed by atoms with van der Waals surface area (Å²) in [6.07, 6.45) is 2.71. The molecule has 3 amide bonds. The molecular weight excluding hydrogens is 238 g/mol. The van der Waals surface area contributed by atoms with Gasteiger partial charge in [0.2, 0.25) is 11.8 Å². The fourth-order valence-corrected chi connectivity index (χ4v) is 1.72. The Hall–Kier alpha value is -2.25. The smallest absolute Gasteiger partial charge is 0.252 e. The first-order valence-electron chi connectivity index (χ1n) is 5.38. The van der Waals surface area contributed by atoms with Crippen molar-refractivity contribution in [2.45, 2.75) is 25.9 Å². The van der Waals surface area contributed by atoms with E-state index in [1.54, 1.807) is 13.8 Å². The van der Waals surface area contributed by atoms with E-state index in [1.807, 2.05) is 0 Å². The molecule has 2 rings (SSSR count). The average molecular weight is 251 g/mol. The van der Waals surface area contributed by atoms with Gasteiger partial charge in [0.05, 0.1) is 0 Å². The number of imide groups is 1. The normalized spacial score (nSPS) is 18.7. The van der Waals surface area contributed by atoms with Gasteiger partial charge in [-0.3, -0.25) is 19.7 Å². The molecule has 18 heavy (non-hydrogen) atoms. The van der Waals surface area contributed by atoms with Gasteiger partial charge in [-0.05, 0) is 13.8 Å². The monoisotopic (exact) mass is 251 g/mol. The van der Waals surface area contributed by atoms with E-state index >= 15 is 0 Å². The molecule has 1 aliphatic rings. The Morgan fingerprint density at radius 2 is 2.22 bits per heavy atom. The third-order valence-corrected chi connectivity index (χ3v) is 2.85. The number of carbonyl (C=O) groups is 3. The zero-order chi connectivity index (χ0) is 13.3. The van der Waals surface area contributed by atoms with Crippen LogP contribution in [0.25, 0.3) is 0 Å². The summed E-state index contributed by atoms with van der Waals surface area (Å²) in [6.45, 7) is 3.00. The fourth-order valence-electron chi connectivity index (χ4n) is 1.72. The number of hydrogen-bond donors (Lipinski definition) is 1. The second-order valence-corrected chi connectivity index (χ2v) is 4.51. The van der Waals surface area contributed by atoms with Crippen LogP contribution in [0.5, 0.6) is 0 Å². The molecule has 1 aliphatic heterocycles. The van der Waals surface area contributed by atoms with Crippen LogP contribution in [0.15, 0.2) is 12.7 Å². The lowest BCUT2D eigenvalue weighted by atomic mass is 9.98. The minimum Gasteiger partial charge on any atom is -0.318 e. The van der Waals surface area contributed by atoms with Gasteiger partial charge < -0.3 is 4.90 Å². The standard InChI is InChI=1S/C10H13N5O3/c1-10(2)9(18)13-7(16)3-15(10)8(17)4-14-6-11-5-12-14/h5-6H,3-4H2,1-2H3,(H,13,16,18). The lowest BCUT2D eigenvalue weighted by Crippen LogP contribution is -2.65. The molecule has 2 heterocycles. The number of rotatable bonds is 2. The highest BCUT2D eigenvalue weighted by molar-refractivity contribution is 6.06. The van der Waals surface area contributed by atoms with Crippen molar-refractivity contribution >= 4 is 17.7 Å². The number of hydrogen-bond acceptors (Lipinski definition) is 5. The molecule has 1 fully saturated rings. The molecule has 8 nitrogen and oxygen atoms in total. The molecular formula is C10H13N5O3. The topological polar surface area (TPSA) is 97.2 Å². The van der Waals surface area contributed by atoms with E-state index in [-0.39, 0.29) is 19.0 Å². The Morgan fingerprint density at radius 3 is 2.83 bits per heavy atom. The van der Waals surface area contributed by atoms with Crippen LogP contribution in [-0.2, 0) is 20.9 Å². The second-order valence-electron chi connectivity index (χ2n) is 4.51. The molecule has 8 heteroatoms. The number of carbonyl (C=O) groups excluding carboxylic acids is 3. The quantitative estimate of drug-likeness (QED) is 0.648. The first kappa shape index (κ1) is 12.2. The molecule has 1 saturated heterocycles. The van der Waals surface area contributed by atoms with Crippen LogP contribution in [0.3, 0.4) is 0 Å². The molecule has 96 valence electrons. The van der Waals surface area contributed by atoms with Gasteiger partial charge in [-0.2, -0.15) is 5.10 Å². The van der Waals surface area contributed by atoms with Crippen molar-refractivity contribution in [1.29, 1.82) is 0 Å². The van der Waals surface area contributed by atoms with Crippen LogP contribution < -0.4 is 5.32 Å². The van der Waals surface area contributed by atoms with Crippen molar-refractivity contribution in [3.05, 3.63) is 12.7 Å². The molecule has 1 aromatic rings. The van der Waals surface area contributed by atoms with Crippen molar-refractivity contribution in [1.82, 2.24) is 25.0 Å². The SMILES string of the molecule is CC1(C)C(=O)NC(=O)CN1C(=O)Cn1cncn1. The Bertz CT molecular complexity index is 494. The molecule has 0 aromatic carbocycles. The summed E-state index contributed by atoms with van der Waals surface area (Å²) in [5, 5.41) is 6.02. The van der Waals surface area contributed by atoms with Gasteiger partial charge in [0.1, 0.15) is 31.3 Å². The molecule has 0 saturated carbocycles. The van der Waals surface area contributed by atoms with Crippen LogP contribution in [0, 0.1) is 0 Å². The van der Waals surface area contributed by atoms with Crippen molar-refractivity contribution in [3.63, 3.8) is 0 Å². The predicted octanol–water partition coefficient (Wildman–Crippen LogP) is -1.46. The van der Waals surface area contributed by atoms with Crippen molar-refractivity contribution in [2.75, 3.05) is 6.54 Å². The summed E-state index contributed by atoms with van der Waals surface area (Å²) in [5.74, 6) is -1.31. The molecule has 0 bridgehead atoms. The largest absolute Gasteiger partial charge is 0.318 e. The van der Waals surface area contributed by atoms with Crippen LogP contribution in [-0.4, -0.2) is 49.5 Å². The number of piperazine rings is 1. The van der Waals surface area contributed by atoms with E-state index in [1.165, 1.54) is 22.2 Å². The Labute approximate surface area is 103 Å². The number of aromatic nitrogens is 3. The molecule has 0 radical (unpaired) electrons. The van der Waals surface area contributed by atoms with Crippen LogP contribution in [0.4, 0.5) is 0 Å². The van der Waals surface area contributed by atoms with Crippen molar-refractivity contribution in [3.8, 4) is 0 Å². The highest BCUT2D eigenvalue weighted by Crippen LogP contribution is 2.18. The van der Waals surface area contributed by atoms with E-state index in [2.05, 4.69) is 15.4 Å². The van der Waals surface area contributed by atoms with Crippen molar-refractivity contribution < 1.29 is 14.4 Å². The number of nitrogens with zero attached hydrogens (tertiary/aromatic N) is 4. The predicted molar refractivity (Wildman–Crippen MR) is 59.0 cm³/mol. The first-order chi connectivity index (χ1) is 8.41. The van der Waals surface area contributed by atoms with Gasteiger partial charge in [-0.1, -0.05) is 0 Å². The summed E-state index contributed by atoms with van der Waals surface area (Å²) in [4.78, 5) is 40.0. The minimum atomic E-state index is -1.05. The third kappa shape index (κ3) is 2.08. The molecule has 1 aromatic heterocycles. The summed E-state index contributed by atoms with van der Waals surface area (Å²) in [6, 6.07) is 0. The zero-order valence-electron chi connectivity index (χ0n) is 10.1. The van der Waals surface area contributed by atoms with Gasteiger partial charge in [-0.15, -0.1) is 0 Å². The highest BCUT2D eigenvalue weighted by atomic mass is 16.2. The molecule has 0 atom stereocenters. The molecule has 0 unspecified atom stereocenters. The summed E-state index contributed by atoms with van der Waals surface area (Å²) < 4.78 is 1.34. The van der Waals surface area contributed by atoms with E-state index in [0.717, 1.165) is 0 Å². The van der Waals surface area contributed by atoms with Gasteiger partial charge in [0.25, 0.3) is 5.91 Å². The van der Waals surface area contributed by atoms with E-state index in [4.69, 9.17) is 0 Å². The van der Waals surface area contributed by atoms with Crippen LogP contribution in [0.1, 0.15) is 13.8 Å². The van der Waals surface area contributed by atoms with Gasteiger partial charge in [0, 0.05) is 0 Å². The maximum Gasteiger partial charge on any atom is 0.252 e. The van der Waals surface area contributed by atoms with E-state index in [9.17, 15) is 14.4 Å². The zero-order valence-corrected chi connectivity index (χ0v) is 10.1. The van der Waals surface area contributed by atoms with Gasteiger partial charge in [-0.25, -0.2) is 9.67 Å². The van der Waals surface area contributed by atoms with E-state index < -0.39 is 17.4 Å².